The van der Waals surface area contributed by atoms with Gasteiger partial charge in [-0.3, -0.25) is 0 Å². The third-order valence-corrected chi connectivity index (χ3v) is 9.38. The quantitative estimate of drug-likeness (QED) is 0.131. The second-order valence-electron chi connectivity index (χ2n) is 13.9. The molecule has 263 valence electrons. The molecule has 3 nitrogen and oxygen atoms in total. The van der Waals surface area contributed by atoms with Gasteiger partial charge in [0.2, 0.25) is 0 Å². The molecule has 0 aliphatic carbocycles. The van der Waals surface area contributed by atoms with E-state index in [0.29, 0.717) is 22.4 Å². The number of hydrogen-bond donors (Lipinski definition) is 0. The van der Waals surface area contributed by atoms with Gasteiger partial charge in [-0.15, -0.1) is 54.1 Å². The number of fused-ring (bicyclic) bond motifs is 6. The molecule has 3 heterocycles. The molecule has 53 heavy (non-hydrogen) atoms. The van der Waals surface area contributed by atoms with Crippen LogP contribution in [-0.4, -0.2) is 9.97 Å². The van der Waals surface area contributed by atoms with Gasteiger partial charge in [-0.05, 0) is 98.9 Å². The summed E-state index contributed by atoms with van der Waals surface area (Å²) in [5.41, 5.74) is 5.05. The van der Waals surface area contributed by atoms with Crippen LogP contribution >= 0.6 is 0 Å². The third kappa shape index (κ3) is 7.05. The topological polar surface area (TPSA) is 38.9 Å². The average molecular weight is 874 g/mol. The van der Waals surface area contributed by atoms with Crippen LogP contribution < -0.4 is 0 Å². The summed E-state index contributed by atoms with van der Waals surface area (Å²) in [5.74, 6) is 0. The van der Waals surface area contributed by atoms with Gasteiger partial charge in [-0.2, -0.15) is 0 Å². The second-order valence-corrected chi connectivity index (χ2v) is 13.9. The first kappa shape index (κ1) is 26.4. The van der Waals surface area contributed by atoms with Crippen LogP contribution in [-0.2, 0) is 25.5 Å². The molecule has 6 aromatic carbocycles. The van der Waals surface area contributed by atoms with Gasteiger partial charge in [0.15, 0.2) is 0 Å². The predicted octanol–water partition coefficient (Wildman–Crippen LogP) is 13.2. The number of nitrogens with zero attached hydrogens (tertiary/aromatic N) is 2. The van der Waals surface area contributed by atoms with Gasteiger partial charge < -0.3 is 14.4 Å². The Morgan fingerprint density at radius 2 is 1.43 bits per heavy atom. The zero-order chi connectivity index (χ0) is 43.5. The van der Waals surface area contributed by atoms with Gasteiger partial charge in [0, 0.05) is 50.2 Å². The van der Waals surface area contributed by atoms with E-state index in [0.717, 1.165) is 49.6 Å². The Labute approximate surface area is 337 Å². The molecule has 0 atom stereocenters. The maximum atomic E-state index is 8.17. The van der Waals surface area contributed by atoms with Crippen molar-refractivity contribution in [1.82, 2.24) is 9.97 Å². The molecule has 0 aliphatic heterocycles. The van der Waals surface area contributed by atoms with Crippen molar-refractivity contribution in [3.63, 3.8) is 0 Å². The maximum absolute atomic E-state index is 8.17. The number of pyridine rings is 2. The number of rotatable bonds is 3. The maximum Gasteiger partial charge on any atom is 0.121 e. The predicted molar refractivity (Wildman–Crippen MR) is 218 cm³/mol. The third-order valence-electron chi connectivity index (χ3n) is 9.38. The van der Waals surface area contributed by atoms with Gasteiger partial charge in [0.25, 0.3) is 0 Å². The van der Waals surface area contributed by atoms with Gasteiger partial charge in [-0.25, -0.2) is 0 Å². The van der Waals surface area contributed by atoms with Crippen molar-refractivity contribution in [3.05, 3.63) is 168 Å². The van der Waals surface area contributed by atoms with E-state index in [4.69, 9.17) is 16.8 Å². The second kappa shape index (κ2) is 14.5. The summed E-state index contributed by atoms with van der Waals surface area (Å²) < 4.78 is 78.8. The van der Waals surface area contributed by atoms with Crippen molar-refractivity contribution in [1.29, 1.82) is 0 Å². The fraction of sp³-hybridized carbons (Fsp3) is 0.143. The average Bonchev–Trinajstić information content (AvgIpc) is 3.59. The molecule has 3 aromatic heterocycles. The van der Waals surface area contributed by atoms with Crippen LogP contribution in [0.1, 0.15) is 55.4 Å². The Hall–Kier alpha value is -5.41. The molecular weight excluding hydrogens is 825 g/mol. The van der Waals surface area contributed by atoms with Crippen LogP contribution in [0.4, 0.5) is 0 Å². The van der Waals surface area contributed by atoms with Crippen LogP contribution in [0.3, 0.4) is 0 Å². The molecule has 9 rings (SSSR count). The molecule has 0 unspecified atom stereocenters. The Morgan fingerprint density at radius 3 is 2.21 bits per heavy atom. The van der Waals surface area contributed by atoms with Gasteiger partial charge >= 0.3 is 0 Å². The zero-order valence-electron chi connectivity index (χ0n) is 38.3. The minimum atomic E-state index is -2.72. The summed E-state index contributed by atoms with van der Waals surface area (Å²) in [6.07, 6.45) is 3.17. The van der Waals surface area contributed by atoms with Crippen LogP contribution in [0.2, 0.25) is 0 Å². The van der Waals surface area contributed by atoms with Crippen molar-refractivity contribution in [2.45, 2.75) is 46.7 Å². The van der Waals surface area contributed by atoms with Crippen molar-refractivity contribution in [3.8, 4) is 33.6 Å². The molecular formula is C49H40IrN2O-2. The van der Waals surface area contributed by atoms with Crippen LogP contribution in [0.25, 0.3) is 77.1 Å². The molecule has 0 aliphatic rings. The Balaban J connectivity index is 0.000000286. The summed E-state index contributed by atoms with van der Waals surface area (Å²) in [4.78, 5) is 8.97. The summed E-state index contributed by atoms with van der Waals surface area (Å²) in [6.45, 7) is -1.32. The number of aryl methyl sites for hydroxylation is 3. The Morgan fingerprint density at radius 1 is 0.604 bits per heavy atom. The Bertz CT molecular complexity index is 3070. The number of hydrogen-bond acceptors (Lipinski definition) is 3. The van der Waals surface area contributed by atoms with E-state index in [1.54, 1.807) is 6.07 Å². The van der Waals surface area contributed by atoms with E-state index in [1.165, 1.54) is 30.0 Å². The number of furan rings is 1. The van der Waals surface area contributed by atoms with E-state index in [2.05, 4.69) is 85.3 Å². The van der Waals surface area contributed by atoms with E-state index in [1.807, 2.05) is 54.7 Å². The molecule has 4 heteroatoms. The molecule has 0 bridgehead atoms. The van der Waals surface area contributed by atoms with Crippen LogP contribution in [0.15, 0.2) is 138 Å². The van der Waals surface area contributed by atoms with E-state index < -0.39 is 20.6 Å². The molecule has 0 amide bonds. The summed E-state index contributed by atoms with van der Waals surface area (Å²) in [7, 11) is 0. The summed E-state index contributed by atoms with van der Waals surface area (Å²) in [6, 6.07) is 43.8. The number of benzene rings is 6. The minimum absolute atomic E-state index is 0. The van der Waals surface area contributed by atoms with Crippen LogP contribution in [0.5, 0.6) is 0 Å². The minimum Gasteiger partial charge on any atom is -0.501 e. The fourth-order valence-electron chi connectivity index (χ4n) is 6.58. The summed E-state index contributed by atoms with van der Waals surface area (Å²) in [5, 5.41) is 6.03. The molecule has 1 radical (unpaired) electrons. The van der Waals surface area contributed by atoms with E-state index in [-0.39, 0.29) is 53.3 Å². The monoisotopic (exact) mass is 874 g/mol. The van der Waals surface area contributed by atoms with Crippen molar-refractivity contribution < 1.29 is 36.9 Å². The normalized spacial score (nSPS) is 14.7. The first-order valence-electron chi connectivity index (χ1n) is 21.6. The van der Waals surface area contributed by atoms with Crippen LogP contribution in [0, 0.1) is 32.7 Å². The molecule has 0 fully saturated rings. The van der Waals surface area contributed by atoms with E-state index >= 15 is 0 Å². The standard InChI is InChI=1S/C34H24NO.C15H16N.Ir/c1-20-11-14-25(21(2)15-20)29-17-32(35-19-22(29)3)28-10-6-9-27-31-16-24-13-12-23-7-4-5-8-26(23)30(24)18-33(31)36-34(27)28;1-15(2,3)13-9-10-14(16-11-13)12-7-5-4-6-8-12;/h4-9,11-19H,1-3H3;4-7,9-11H,1-3H3;/q2*-1;/i1D3,2D3,3D3;;. The SMILES string of the molecule is CC(C)(C)c1ccc(-c2[c-]cccc2)nc1.[2H]C([2H])([2H])c1ccc(-c2cc(-c3[c-]ccc4c3oc3cc5c(ccc6ccccc65)cc34)ncc2C([2H])([2H])[2H])c(C([2H])([2H])[2H])c1.[Ir]. The van der Waals surface area contributed by atoms with Crippen molar-refractivity contribution in [2.75, 3.05) is 0 Å². The molecule has 0 N–H and O–H groups in total. The first-order valence-corrected chi connectivity index (χ1v) is 17.1. The van der Waals surface area contributed by atoms with Gasteiger partial charge in [-0.1, -0.05) is 110 Å². The van der Waals surface area contributed by atoms with E-state index in [9.17, 15) is 0 Å². The molecule has 0 spiro atoms. The van der Waals surface area contributed by atoms with Gasteiger partial charge in [0.1, 0.15) is 5.58 Å². The number of aromatic nitrogens is 2. The molecule has 0 saturated carbocycles. The molecule has 0 saturated heterocycles. The van der Waals surface area contributed by atoms with Crippen molar-refractivity contribution >= 4 is 43.5 Å². The van der Waals surface area contributed by atoms with Gasteiger partial charge in [0.05, 0.1) is 5.58 Å². The summed E-state index contributed by atoms with van der Waals surface area (Å²) >= 11 is 0. The molecule has 9 aromatic rings. The Kier molecular flexibility index (Phi) is 7.24. The zero-order valence-corrected chi connectivity index (χ0v) is 31.7. The smallest absolute Gasteiger partial charge is 0.121 e. The first-order chi connectivity index (χ1) is 28.8. The largest absolute Gasteiger partial charge is 0.501 e. The fourth-order valence-corrected chi connectivity index (χ4v) is 6.58. The van der Waals surface area contributed by atoms with Crippen molar-refractivity contribution in [2.24, 2.45) is 0 Å².